The summed E-state index contributed by atoms with van der Waals surface area (Å²) in [5, 5.41) is 0.964. The van der Waals surface area contributed by atoms with Gasteiger partial charge in [-0.25, -0.2) is 4.98 Å². The molecule has 2 heterocycles. The summed E-state index contributed by atoms with van der Waals surface area (Å²) < 4.78 is 0. The molecular formula is C11H13N3S. The van der Waals surface area contributed by atoms with E-state index in [-0.39, 0.29) is 6.04 Å². The van der Waals surface area contributed by atoms with Crippen molar-refractivity contribution >= 4 is 11.3 Å². The fourth-order valence-electron chi connectivity index (χ4n) is 1.33. The lowest BCUT2D eigenvalue weighted by Gasteiger charge is -1.99. The summed E-state index contributed by atoms with van der Waals surface area (Å²) >= 11 is 1.66. The van der Waals surface area contributed by atoms with E-state index < -0.39 is 0 Å². The third-order valence-corrected chi connectivity index (χ3v) is 3.00. The van der Waals surface area contributed by atoms with Crippen molar-refractivity contribution in [3.05, 3.63) is 35.5 Å². The Morgan fingerprint density at radius 2 is 2.27 bits per heavy atom. The second-order valence-corrected chi connectivity index (χ2v) is 4.64. The summed E-state index contributed by atoms with van der Waals surface area (Å²) in [6.07, 6.45) is 4.55. The average molecular weight is 219 g/mol. The molecule has 1 atom stereocenters. The fraction of sp³-hybridized carbons (Fsp3) is 0.273. The molecule has 0 spiro atoms. The van der Waals surface area contributed by atoms with Gasteiger partial charge in [-0.15, -0.1) is 11.3 Å². The van der Waals surface area contributed by atoms with Crippen molar-refractivity contribution in [3.63, 3.8) is 0 Å². The molecule has 0 radical (unpaired) electrons. The highest BCUT2D eigenvalue weighted by Gasteiger charge is 2.06. The van der Waals surface area contributed by atoms with Gasteiger partial charge in [0.25, 0.3) is 0 Å². The van der Waals surface area contributed by atoms with Gasteiger partial charge in [0.2, 0.25) is 0 Å². The third-order valence-electron chi connectivity index (χ3n) is 1.96. The summed E-state index contributed by atoms with van der Waals surface area (Å²) in [6.45, 7) is 2.00. The standard InChI is InChI=1S/C11H13N3S/c1-8(12)6-9-7-14-11(15-9)10-4-2-3-5-13-10/h2-5,7-8H,6,12H2,1H3. The molecule has 0 aromatic carbocycles. The van der Waals surface area contributed by atoms with Crippen LogP contribution in [0.15, 0.2) is 30.6 Å². The van der Waals surface area contributed by atoms with Crippen LogP contribution in [-0.4, -0.2) is 16.0 Å². The van der Waals surface area contributed by atoms with E-state index in [9.17, 15) is 0 Å². The minimum atomic E-state index is 0.182. The van der Waals surface area contributed by atoms with E-state index in [0.717, 1.165) is 17.1 Å². The Morgan fingerprint density at radius 1 is 1.40 bits per heavy atom. The molecular weight excluding hydrogens is 206 g/mol. The molecule has 0 amide bonds. The van der Waals surface area contributed by atoms with E-state index in [1.54, 1.807) is 17.5 Å². The normalized spacial score (nSPS) is 12.7. The predicted octanol–water partition coefficient (Wildman–Crippen LogP) is 2.09. The van der Waals surface area contributed by atoms with Crippen molar-refractivity contribution < 1.29 is 0 Å². The van der Waals surface area contributed by atoms with Gasteiger partial charge in [0, 0.05) is 23.3 Å². The van der Waals surface area contributed by atoms with Crippen LogP contribution in [0.1, 0.15) is 11.8 Å². The van der Waals surface area contributed by atoms with E-state index in [1.165, 1.54) is 4.88 Å². The molecule has 0 aliphatic heterocycles. The number of nitrogens with two attached hydrogens (primary N) is 1. The maximum Gasteiger partial charge on any atom is 0.142 e. The molecule has 78 valence electrons. The zero-order valence-corrected chi connectivity index (χ0v) is 9.37. The Hall–Kier alpha value is -1.26. The van der Waals surface area contributed by atoms with Gasteiger partial charge in [-0.3, -0.25) is 4.98 Å². The van der Waals surface area contributed by atoms with Crippen molar-refractivity contribution in [1.29, 1.82) is 0 Å². The van der Waals surface area contributed by atoms with Crippen molar-refractivity contribution in [1.82, 2.24) is 9.97 Å². The topological polar surface area (TPSA) is 51.8 Å². The third kappa shape index (κ3) is 2.61. The molecule has 2 rings (SSSR count). The SMILES string of the molecule is CC(N)Cc1cnc(-c2ccccn2)s1. The number of rotatable bonds is 3. The smallest absolute Gasteiger partial charge is 0.142 e. The monoisotopic (exact) mass is 219 g/mol. The summed E-state index contributed by atoms with van der Waals surface area (Å²) in [5.74, 6) is 0. The quantitative estimate of drug-likeness (QED) is 0.860. The minimum absolute atomic E-state index is 0.182. The first kappa shape index (κ1) is 10.3. The van der Waals surface area contributed by atoms with E-state index in [1.807, 2.05) is 31.3 Å². The van der Waals surface area contributed by atoms with Crippen LogP contribution in [0, 0.1) is 0 Å². The van der Waals surface area contributed by atoms with Crippen LogP contribution in [0.4, 0.5) is 0 Å². The Labute approximate surface area is 93.0 Å². The minimum Gasteiger partial charge on any atom is -0.328 e. The van der Waals surface area contributed by atoms with Crippen LogP contribution in [0.5, 0.6) is 0 Å². The van der Waals surface area contributed by atoms with Gasteiger partial charge < -0.3 is 5.73 Å². The lowest BCUT2D eigenvalue weighted by molar-refractivity contribution is 0.745. The second-order valence-electron chi connectivity index (χ2n) is 3.53. The first-order valence-electron chi connectivity index (χ1n) is 4.87. The van der Waals surface area contributed by atoms with Crippen LogP contribution in [0.3, 0.4) is 0 Å². The number of pyridine rings is 1. The lowest BCUT2D eigenvalue weighted by Crippen LogP contribution is -2.16. The summed E-state index contributed by atoms with van der Waals surface area (Å²) in [5.41, 5.74) is 6.66. The van der Waals surface area contributed by atoms with E-state index in [4.69, 9.17) is 5.73 Å². The fourth-order valence-corrected chi connectivity index (χ4v) is 2.36. The Bertz CT molecular complexity index is 422. The van der Waals surface area contributed by atoms with E-state index in [2.05, 4.69) is 9.97 Å². The Balaban J connectivity index is 2.21. The largest absolute Gasteiger partial charge is 0.328 e. The van der Waals surface area contributed by atoms with Crippen LogP contribution in [0.25, 0.3) is 10.7 Å². The average Bonchev–Trinajstić information content (AvgIpc) is 2.67. The second kappa shape index (κ2) is 4.51. The highest BCUT2D eigenvalue weighted by atomic mass is 32.1. The molecule has 0 aliphatic carbocycles. The van der Waals surface area contributed by atoms with Crippen molar-refractivity contribution in [2.45, 2.75) is 19.4 Å². The highest BCUT2D eigenvalue weighted by Crippen LogP contribution is 2.23. The summed E-state index contributed by atoms with van der Waals surface area (Å²) in [4.78, 5) is 9.81. The van der Waals surface area contributed by atoms with Crippen molar-refractivity contribution in [3.8, 4) is 10.7 Å². The molecule has 2 aromatic heterocycles. The van der Waals surface area contributed by atoms with Gasteiger partial charge >= 0.3 is 0 Å². The molecule has 0 bridgehead atoms. The maximum absolute atomic E-state index is 5.74. The number of thiazole rings is 1. The molecule has 4 heteroatoms. The molecule has 0 aliphatic rings. The molecule has 15 heavy (non-hydrogen) atoms. The van der Waals surface area contributed by atoms with E-state index >= 15 is 0 Å². The van der Waals surface area contributed by atoms with Crippen LogP contribution >= 0.6 is 11.3 Å². The van der Waals surface area contributed by atoms with Crippen LogP contribution in [0.2, 0.25) is 0 Å². The molecule has 2 N–H and O–H groups in total. The van der Waals surface area contributed by atoms with Gasteiger partial charge in [0.1, 0.15) is 5.01 Å². The molecule has 0 fully saturated rings. The van der Waals surface area contributed by atoms with Crippen LogP contribution in [-0.2, 0) is 6.42 Å². The predicted molar refractivity (Wildman–Crippen MR) is 62.7 cm³/mol. The Morgan fingerprint density at radius 3 is 2.93 bits per heavy atom. The summed E-state index contributed by atoms with van der Waals surface area (Å²) in [6, 6.07) is 6.02. The molecule has 2 aromatic rings. The van der Waals surface area contributed by atoms with E-state index in [0.29, 0.717) is 0 Å². The first-order valence-corrected chi connectivity index (χ1v) is 5.69. The van der Waals surface area contributed by atoms with Crippen molar-refractivity contribution in [2.24, 2.45) is 5.73 Å². The van der Waals surface area contributed by atoms with Gasteiger partial charge in [0.05, 0.1) is 5.69 Å². The number of hydrogen-bond acceptors (Lipinski definition) is 4. The zero-order valence-electron chi connectivity index (χ0n) is 8.55. The van der Waals surface area contributed by atoms with Crippen molar-refractivity contribution in [2.75, 3.05) is 0 Å². The number of aromatic nitrogens is 2. The zero-order chi connectivity index (χ0) is 10.7. The number of hydrogen-bond donors (Lipinski definition) is 1. The molecule has 1 unspecified atom stereocenters. The lowest BCUT2D eigenvalue weighted by atomic mass is 10.2. The maximum atomic E-state index is 5.74. The molecule has 0 saturated heterocycles. The molecule has 3 nitrogen and oxygen atoms in total. The molecule has 0 saturated carbocycles. The van der Waals surface area contributed by atoms with Gasteiger partial charge in [0.15, 0.2) is 0 Å². The van der Waals surface area contributed by atoms with Crippen LogP contribution < -0.4 is 5.73 Å². The van der Waals surface area contributed by atoms with Gasteiger partial charge in [-0.2, -0.15) is 0 Å². The summed E-state index contributed by atoms with van der Waals surface area (Å²) in [7, 11) is 0. The highest BCUT2D eigenvalue weighted by molar-refractivity contribution is 7.15. The van der Waals surface area contributed by atoms with Gasteiger partial charge in [-0.05, 0) is 25.5 Å². The van der Waals surface area contributed by atoms with Gasteiger partial charge in [-0.1, -0.05) is 6.07 Å². The number of nitrogens with zero attached hydrogens (tertiary/aromatic N) is 2. The Kier molecular flexibility index (Phi) is 3.08. The first-order chi connectivity index (χ1) is 7.25.